The van der Waals surface area contributed by atoms with Gasteiger partial charge in [0.05, 0.1) is 38.4 Å². The lowest BCUT2D eigenvalue weighted by atomic mass is 9.71. The number of rotatable bonds is 13. The summed E-state index contributed by atoms with van der Waals surface area (Å²) in [7, 11) is 3.41. The van der Waals surface area contributed by atoms with Crippen molar-refractivity contribution in [3.05, 3.63) is 193 Å². The van der Waals surface area contributed by atoms with Crippen LogP contribution >= 0.6 is 11.6 Å². The summed E-state index contributed by atoms with van der Waals surface area (Å²) < 4.78 is 19.6. The lowest BCUT2D eigenvalue weighted by molar-refractivity contribution is -0.984. The summed E-state index contributed by atoms with van der Waals surface area (Å²) in [5, 5.41) is 1.40. The molecule has 6 aromatic carbocycles. The molecule has 8 aromatic rings. The van der Waals surface area contributed by atoms with E-state index in [0.29, 0.717) is 34.3 Å². The third kappa shape index (κ3) is 8.02. The normalized spacial score (nSPS) is 19.5. The Morgan fingerprint density at radius 1 is 0.703 bits per heavy atom. The number of ether oxygens (including phenoxy) is 3. The predicted molar refractivity (Wildman–Crippen MR) is 257 cm³/mol. The fraction of sp³-hybridized carbons (Fsp3) is 0.196. The summed E-state index contributed by atoms with van der Waals surface area (Å²) >= 11 is 7.26. The molecular formula is C56H50ClN4O3+. The Balaban J connectivity index is 1.15. The molecule has 3 saturated heterocycles. The second-order valence-electron chi connectivity index (χ2n) is 17.1. The van der Waals surface area contributed by atoms with Crippen molar-refractivity contribution in [2.24, 2.45) is 11.8 Å². The third-order valence-corrected chi connectivity index (χ3v) is 13.8. The minimum Gasteiger partial charge on any atom is -0.497 e. The van der Waals surface area contributed by atoms with Crippen LogP contribution in [0.15, 0.2) is 177 Å². The van der Waals surface area contributed by atoms with E-state index in [4.69, 9.17) is 40.8 Å². The molecule has 8 heteroatoms. The summed E-state index contributed by atoms with van der Waals surface area (Å²) in [6, 6.07) is 54.4. The van der Waals surface area contributed by atoms with Crippen molar-refractivity contribution in [1.29, 1.82) is 0 Å². The summed E-state index contributed by atoms with van der Waals surface area (Å²) in [5.74, 6) is 3.46. The van der Waals surface area contributed by atoms with Gasteiger partial charge in [0.1, 0.15) is 29.2 Å². The van der Waals surface area contributed by atoms with Crippen LogP contribution in [0.3, 0.4) is 0 Å². The van der Waals surface area contributed by atoms with Gasteiger partial charge in [-0.3, -0.25) is 4.98 Å². The minimum absolute atomic E-state index is 0.0346. The molecule has 11 rings (SSSR count). The Hall–Kier alpha value is -6.80. The molecule has 2 aromatic heterocycles. The van der Waals surface area contributed by atoms with Crippen LogP contribution in [-0.4, -0.2) is 52.8 Å². The Kier molecular flexibility index (Phi) is 11.4. The molecule has 0 saturated carbocycles. The first-order valence-electron chi connectivity index (χ1n) is 22.0. The van der Waals surface area contributed by atoms with E-state index in [1.807, 2.05) is 97.2 Å². The average molecular weight is 862 g/mol. The van der Waals surface area contributed by atoms with Crippen LogP contribution in [0, 0.1) is 11.8 Å². The van der Waals surface area contributed by atoms with Gasteiger partial charge in [-0.2, -0.15) is 4.98 Å². The topological polar surface area (TPSA) is 66.4 Å². The summed E-state index contributed by atoms with van der Waals surface area (Å²) in [6.45, 7) is 7.14. The highest BCUT2D eigenvalue weighted by atomic mass is 35.5. The van der Waals surface area contributed by atoms with Crippen molar-refractivity contribution in [2.75, 3.05) is 27.3 Å². The number of pyridine rings is 1. The number of methoxy groups -OCH3 is 2. The number of para-hydroxylation sites is 1. The van der Waals surface area contributed by atoms with Crippen LogP contribution in [0.25, 0.3) is 55.7 Å². The molecule has 318 valence electrons. The van der Waals surface area contributed by atoms with Crippen molar-refractivity contribution in [3.8, 4) is 62.1 Å². The third-order valence-electron chi connectivity index (χ3n) is 13.5. The minimum atomic E-state index is -0.427. The van der Waals surface area contributed by atoms with Gasteiger partial charge in [0.25, 0.3) is 0 Å². The smallest absolute Gasteiger partial charge is 0.227 e. The van der Waals surface area contributed by atoms with E-state index in [-0.39, 0.29) is 6.04 Å². The second-order valence-corrected chi connectivity index (χ2v) is 17.5. The van der Waals surface area contributed by atoms with E-state index >= 15 is 0 Å². The standard InChI is InChI=1S/C56H50ClN4O3/c1-4-38-36-61(35-37-31-44(39-19-23-46(62-2)24-20-39)33-45(32-37)40-21-25-47(63-3)26-22-40)30-28-43(38)34-51(61)53(49-27-29-58-50-18-12-11-17-48(49)50)64-56-52(41-13-7-5-8-14-41)54(57)59-55(60-56)42-15-9-6-10-16-42/h4-27,29,31-33,38,43,51,53H,1,28,30,34-36H2,2-3H3/q+1/t38?,43?,51?,53-,61?/m0/s1. The first-order valence-corrected chi connectivity index (χ1v) is 22.4. The van der Waals surface area contributed by atoms with Gasteiger partial charge in [-0.15, -0.1) is 6.58 Å². The first-order chi connectivity index (χ1) is 31.4. The summed E-state index contributed by atoms with van der Waals surface area (Å²) in [5.41, 5.74) is 10.2. The number of nitrogens with zero attached hydrogens (tertiary/aromatic N) is 4. The van der Waals surface area contributed by atoms with E-state index in [1.165, 1.54) is 5.56 Å². The van der Waals surface area contributed by atoms with E-state index in [2.05, 4.69) is 79.4 Å². The highest BCUT2D eigenvalue weighted by molar-refractivity contribution is 6.32. The van der Waals surface area contributed by atoms with Crippen LogP contribution in [0.5, 0.6) is 17.4 Å². The maximum absolute atomic E-state index is 7.66. The molecule has 64 heavy (non-hydrogen) atoms. The molecule has 4 unspecified atom stereocenters. The van der Waals surface area contributed by atoms with Gasteiger partial charge in [-0.05, 0) is 88.3 Å². The quantitative estimate of drug-likeness (QED) is 0.0653. The Labute approximate surface area is 380 Å². The molecule has 3 aliphatic heterocycles. The number of halogens is 1. The van der Waals surface area contributed by atoms with Crippen molar-refractivity contribution in [2.45, 2.75) is 31.5 Å². The predicted octanol–water partition coefficient (Wildman–Crippen LogP) is 13.1. The Morgan fingerprint density at radius 3 is 1.97 bits per heavy atom. The molecule has 0 N–H and O–H groups in total. The van der Waals surface area contributed by atoms with Crippen LogP contribution in [0.2, 0.25) is 5.15 Å². The highest BCUT2D eigenvalue weighted by Gasteiger charge is 2.55. The van der Waals surface area contributed by atoms with Crippen LogP contribution in [0.1, 0.15) is 30.1 Å². The van der Waals surface area contributed by atoms with Gasteiger partial charge in [-0.25, -0.2) is 4.98 Å². The molecular weight excluding hydrogens is 812 g/mol. The maximum atomic E-state index is 7.66. The Bertz CT molecular complexity index is 2860. The highest BCUT2D eigenvalue weighted by Crippen LogP contribution is 2.50. The van der Waals surface area contributed by atoms with Crippen LogP contribution in [-0.2, 0) is 6.54 Å². The van der Waals surface area contributed by atoms with Gasteiger partial charge in [0.2, 0.25) is 5.88 Å². The monoisotopic (exact) mass is 861 g/mol. The number of benzene rings is 6. The number of quaternary nitrogens is 1. The van der Waals surface area contributed by atoms with E-state index in [1.54, 1.807) is 14.2 Å². The molecule has 7 nitrogen and oxygen atoms in total. The van der Waals surface area contributed by atoms with Gasteiger partial charge in [-0.1, -0.05) is 121 Å². The molecule has 5 heterocycles. The SMILES string of the molecule is C=CC1C[N+]2(Cc3cc(-c4ccc(OC)cc4)cc(-c4ccc(OC)cc4)c3)CCC1CC2[C@@H](Oc1nc(-c2ccccc2)nc(Cl)c1-c1ccccc1)c1ccnc2ccccc12. The average Bonchev–Trinajstić information content (AvgIpc) is 3.35. The van der Waals surface area contributed by atoms with E-state index < -0.39 is 6.10 Å². The number of fused-ring (bicyclic) bond motifs is 4. The molecule has 0 amide bonds. The molecule has 0 spiro atoms. The first kappa shape index (κ1) is 41.2. The molecule has 0 radical (unpaired) electrons. The van der Waals surface area contributed by atoms with Gasteiger partial charge >= 0.3 is 0 Å². The lowest BCUT2D eigenvalue weighted by Gasteiger charge is -2.58. The fourth-order valence-corrected chi connectivity index (χ4v) is 10.6. The van der Waals surface area contributed by atoms with Crippen molar-refractivity contribution >= 4 is 22.5 Å². The van der Waals surface area contributed by atoms with Crippen molar-refractivity contribution in [1.82, 2.24) is 15.0 Å². The lowest BCUT2D eigenvalue weighted by Crippen LogP contribution is -2.68. The zero-order valence-electron chi connectivity index (χ0n) is 36.1. The van der Waals surface area contributed by atoms with Crippen LogP contribution in [0.4, 0.5) is 0 Å². The van der Waals surface area contributed by atoms with Gasteiger partial charge in [0.15, 0.2) is 11.9 Å². The largest absolute Gasteiger partial charge is 0.497 e. The molecule has 3 fully saturated rings. The van der Waals surface area contributed by atoms with Crippen LogP contribution < -0.4 is 14.2 Å². The number of hydrogen-bond donors (Lipinski definition) is 0. The summed E-state index contributed by atoms with van der Waals surface area (Å²) in [4.78, 5) is 15.0. The fourth-order valence-electron chi connectivity index (χ4n) is 10.3. The molecule has 2 bridgehead atoms. The zero-order chi connectivity index (χ0) is 43.6. The summed E-state index contributed by atoms with van der Waals surface area (Å²) in [6.07, 6.45) is 5.75. The molecule has 5 atom stereocenters. The number of aromatic nitrogens is 3. The second kappa shape index (κ2) is 17.8. The number of piperidine rings is 3. The van der Waals surface area contributed by atoms with E-state index in [0.717, 1.165) is 98.3 Å². The molecule has 0 aliphatic carbocycles. The van der Waals surface area contributed by atoms with Crippen molar-refractivity contribution in [3.63, 3.8) is 0 Å². The Morgan fingerprint density at radius 2 is 1.33 bits per heavy atom. The van der Waals surface area contributed by atoms with Gasteiger partial charge in [0, 0.05) is 47.0 Å². The van der Waals surface area contributed by atoms with E-state index in [9.17, 15) is 0 Å². The molecule has 3 aliphatic rings. The number of hydrogen-bond acceptors (Lipinski definition) is 6. The van der Waals surface area contributed by atoms with Crippen molar-refractivity contribution < 1.29 is 18.7 Å². The maximum Gasteiger partial charge on any atom is 0.227 e. The van der Waals surface area contributed by atoms with Gasteiger partial charge < -0.3 is 18.7 Å². The zero-order valence-corrected chi connectivity index (χ0v) is 36.9.